The van der Waals surface area contributed by atoms with Gasteiger partial charge in [-0.15, -0.1) is 0 Å². The Morgan fingerprint density at radius 3 is 2.82 bits per heavy atom. The highest BCUT2D eigenvalue weighted by Gasteiger charge is 2.26. The van der Waals surface area contributed by atoms with Gasteiger partial charge in [0.05, 0.1) is 12.8 Å². The molecule has 0 radical (unpaired) electrons. The molecule has 0 spiro atoms. The number of benzene rings is 1. The zero-order valence-corrected chi connectivity index (χ0v) is 12.9. The Balaban J connectivity index is 1.86. The van der Waals surface area contributed by atoms with Crippen LogP contribution in [0.5, 0.6) is 5.75 Å². The Morgan fingerprint density at radius 1 is 1.23 bits per heavy atom. The average Bonchev–Trinajstić information content (AvgIpc) is 3.16. The maximum atomic E-state index is 5.43. The molecule has 0 atom stereocenters. The van der Waals surface area contributed by atoms with Crippen molar-refractivity contribution < 1.29 is 4.74 Å². The van der Waals surface area contributed by atoms with Crippen molar-refractivity contribution in [1.82, 2.24) is 25.0 Å². The number of aromatic nitrogens is 5. The fourth-order valence-corrected chi connectivity index (χ4v) is 2.79. The van der Waals surface area contributed by atoms with Crippen LogP contribution in [-0.4, -0.2) is 32.1 Å². The molecule has 0 amide bonds. The first kappa shape index (κ1) is 13.3. The highest BCUT2D eigenvalue weighted by molar-refractivity contribution is 7.71. The molecule has 2 aromatic heterocycles. The van der Waals surface area contributed by atoms with Crippen LogP contribution >= 0.6 is 12.2 Å². The maximum Gasteiger partial charge on any atom is 0.200 e. The Bertz CT molecular complexity index is 874. The minimum absolute atomic E-state index is 0.510. The second-order valence-electron chi connectivity index (χ2n) is 5.34. The largest absolute Gasteiger partial charge is 0.495 e. The van der Waals surface area contributed by atoms with Gasteiger partial charge >= 0.3 is 0 Å². The third-order valence-electron chi connectivity index (χ3n) is 3.84. The molecule has 0 bridgehead atoms. The van der Waals surface area contributed by atoms with Crippen LogP contribution in [0.15, 0.2) is 30.3 Å². The van der Waals surface area contributed by atoms with Gasteiger partial charge in [0, 0.05) is 11.6 Å². The number of para-hydroxylation sites is 2. The number of rotatable bonds is 4. The lowest BCUT2D eigenvalue weighted by Crippen LogP contribution is -2.00. The van der Waals surface area contributed by atoms with Crippen LogP contribution in [0.2, 0.25) is 0 Å². The molecule has 4 rings (SSSR count). The zero-order chi connectivity index (χ0) is 15.1. The van der Waals surface area contributed by atoms with Crippen molar-refractivity contribution in [3.05, 3.63) is 40.8 Å². The SMILES string of the molecule is COc1ccccc1-n1c(-c2cc(C3CC3)[nH]n2)n[nH]c1=S. The topological polar surface area (TPSA) is 71.5 Å². The zero-order valence-electron chi connectivity index (χ0n) is 12.0. The number of methoxy groups -OCH3 is 1. The summed E-state index contributed by atoms with van der Waals surface area (Å²) in [5, 5.41) is 14.7. The molecule has 0 saturated heterocycles. The molecule has 2 N–H and O–H groups in total. The van der Waals surface area contributed by atoms with E-state index in [1.807, 2.05) is 28.8 Å². The van der Waals surface area contributed by atoms with Crippen molar-refractivity contribution in [3.8, 4) is 23.0 Å². The lowest BCUT2D eigenvalue weighted by molar-refractivity contribution is 0.413. The van der Waals surface area contributed by atoms with Gasteiger partial charge in [0.2, 0.25) is 0 Å². The van der Waals surface area contributed by atoms with Gasteiger partial charge in [0.25, 0.3) is 0 Å². The van der Waals surface area contributed by atoms with Crippen LogP contribution in [0.3, 0.4) is 0 Å². The van der Waals surface area contributed by atoms with E-state index in [1.165, 1.54) is 12.8 Å². The molecule has 1 aliphatic rings. The van der Waals surface area contributed by atoms with Gasteiger partial charge < -0.3 is 4.74 Å². The van der Waals surface area contributed by atoms with E-state index in [2.05, 4.69) is 26.5 Å². The summed E-state index contributed by atoms with van der Waals surface area (Å²) in [7, 11) is 1.64. The number of nitrogens with one attached hydrogen (secondary N) is 2. The number of aromatic amines is 2. The van der Waals surface area contributed by atoms with E-state index < -0.39 is 0 Å². The molecule has 1 saturated carbocycles. The van der Waals surface area contributed by atoms with Gasteiger partial charge in [-0.1, -0.05) is 12.1 Å². The van der Waals surface area contributed by atoms with Crippen LogP contribution in [0.4, 0.5) is 0 Å². The van der Waals surface area contributed by atoms with Gasteiger partial charge in [-0.3, -0.25) is 14.8 Å². The number of nitrogens with zero attached hydrogens (tertiary/aromatic N) is 3. The third kappa shape index (κ3) is 2.14. The molecule has 1 aliphatic carbocycles. The predicted molar refractivity (Wildman–Crippen MR) is 84.9 cm³/mol. The Kier molecular flexibility index (Phi) is 3.07. The van der Waals surface area contributed by atoms with E-state index in [0.29, 0.717) is 16.5 Å². The van der Waals surface area contributed by atoms with Crippen LogP contribution in [0.25, 0.3) is 17.2 Å². The summed E-state index contributed by atoms with van der Waals surface area (Å²) in [6.45, 7) is 0. The molecule has 2 heterocycles. The minimum Gasteiger partial charge on any atom is -0.495 e. The van der Waals surface area contributed by atoms with Gasteiger partial charge in [0.15, 0.2) is 10.6 Å². The highest BCUT2D eigenvalue weighted by atomic mass is 32.1. The first-order valence-electron chi connectivity index (χ1n) is 7.14. The van der Waals surface area contributed by atoms with Crippen molar-refractivity contribution in [2.45, 2.75) is 18.8 Å². The monoisotopic (exact) mass is 313 g/mol. The highest BCUT2D eigenvalue weighted by Crippen LogP contribution is 2.40. The van der Waals surface area contributed by atoms with E-state index in [0.717, 1.165) is 22.8 Å². The Labute approximate surface area is 132 Å². The molecule has 22 heavy (non-hydrogen) atoms. The summed E-state index contributed by atoms with van der Waals surface area (Å²) in [6.07, 6.45) is 2.45. The van der Waals surface area contributed by atoms with Gasteiger partial charge in [-0.25, -0.2) is 0 Å². The van der Waals surface area contributed by atoms with E-state index in [4.69, 9.17) is 17.0 Å². The first-order valence-corrected chi connectivity index (χ1v) is 7.55. The van der Waals surface area contributed by atoms with Crippen LogP contribution in [0.1, 0.15) is 24.5 Å². The minimum atomic E-state index is 0.510. The van der Waals surface area contributed by atoms with E-state index in [-0.39, 0.29) is 0 Å². The number of ether oxygens (including phenoxy) is 1. The van der Waals surface area contributed by atoms with E-state index in [1.54, 1.807) is 7.11 Å². The molecule has 6 nitrogen and oxygen atoms in total. The summed E-state index contributed by atoms with van der Waals surface area (Å²) in [4.78, 5) is 0. The molecule has 7 heteroatoms. The molecular formula is C15H15N5OS. The summed E-state index contributed by atoms with van der Waals surface area (Å²) in [5.41, 5.74) is 2.78. The average molecular weight is 313 g/mol. The van der Waals surface area contributed by atoms with Crippen molar-refractivity contribution in [1.29, 1.82) is 0 Å². The fraction of sp³-hybridized carbons (Fsp3) is 0.267. The molecule has 3 aromatic rings. The molecule has 0 unspecified atom stereocenters. The summed E-state index contributed by atoms with van der Waals surface area (Å²) >= 11 is 5.38. The van der Waals surface area contributed by atoms with Gasteiger partial charge in [-0.05, 0) is 43.3 Å². The predicted octanol–water partition coefficient (Wildman–Crippen LogP) is 3.21. The number of hydrogen-bond donors (Lipinski definition) is 2. The van der Waals surface area contributed by atoms with Crippen LogP contribution < -0.4 is 4.74 Å². The van der Waals surface area contributed by atoms with Crippen molar-refractivity contribution in [2.75, 3.05) is 7.11 Å². The van der Waals surface area contributed by atoms with Crippen LogP contribution in [-0.2, 0) is 0 Å². The van der Waals surface area contributed by atoms with E-state index in [9.17, 15) is 0 Å². The van der Waals surface area contributed by atoms with Gasteiger partial charge in [-0.2, -0.15) is 10.2 Å². The standard InChI is InChI=1S/C15H15N5OS/c1-21-13-5-3-2-4-12(13)20-14(18-19-15(20)22)11-8-10(16-17-11)9-6-7-9/h2-5,8-9H,6-7H2,1H3,(H,16,17)(H,19,22). The molecular weight excluding hydrogens is 298 g/mol. The molecule has 0 aliphatic heterocycles. The first-order chi connectivity index (χ1) is 10.8. The number of H-pyrrole nitrogens is 2. The fourth-order valence-electron chi connectivity index (χ4n) is 2.56. The van der Waals surface area contributed by atoms with Crippen molar-refractivity contribution >= 4 is 12.2 Å². The smallest absolute Gasteiger partial charge is 0.200 e. The quantitative estimate of drug-likeness (QED) is 0.726. The molecule has 112 valence electrons. The van der Waals surface area contributed by atoms with E-state index >= 15 is 0 Å². The normalized spacial score (nSPS) is 14.2. The second kappa shape index (κ2) is 5.10. The van der Waals surface area contributed by atoms with Crippen molar-refractivity contribution in [2.24, 2.45) is 0 Å². The Morgan fingerprint density at radius 2 is 2.05 bits per heavy atom. The maximum absolute atomic E-state index is 5.43. The summed E-state index contributed by atoms with van der Waals surface area (Å²) in [6, 6.07) is 9.76. The van der Waals surface area contributed by atoms with Crippen LogP contribution in [0, 0.1) is 4.77 Å². The van der Waals surface area contributed by atoms with Gasteiger partial charge in [0.1, 0.15) is 11.4 Å². The Hall–Kier alpha value is -2.41. The van der Waals surface area contributed by atoms with Crippen molar-refractivity contribution in [3.63, 3.8) is 0 Å². The summed E-state index contributed by atoms with van der Waals surface area (Å²) < 4.78 is 7.79. The third-order valence-corrected chi connectivity index (χ3v) is 4.12. The lowest BCUT2D eigenvalue weighted by atomic mass is 10.2. The number of hydrogen-bond acceptors (Lipinski definition) is 4. The lowest BCUT2D eigenvalue weighted by Gasteiger charge is -2.10. The summed E-state index contributed by atoms with van der Waals surface area (Å²) in [5.74, 6) is 2.03. The second-order valence-corrected chi connectivity index (χ2v) is 5.73. The molecule has 1 aromatic carbocycles. The molecule has 1 fully saturated rings.